The lowest BCUT2D eigenvalue weighted by molar-refractivity contribution is -0.151. The molecule has 11 heteroatoms. The van der Waals surface area contributed by atoms with Gasteiger partial charge in [-0.05, 0) is 112 Å². The number of nitrogens with one attached hydrogen (secondary N) is 1. The van der Waals surface area contributed by atoms with Gasteiger partial charge in [0.15, 0.2) is 0 Å². The summed E-state index contributed by atoms with van der Waals surface area (Å²) in [6.45, 7) is 5.57. The molecule has 2 aromatic rings. The number of amides is 1. The number of carbonyl (C=O) groups is 2. The first kappa shape index (κ1) is 33.8. The van der Waals surface area contributed by atoms with Crippen LogP contribution in [-0.4, -0.2) is 64.6 Å². The average Bonchev–Trinajstić information content (AvgIpc) is 3.17. The summed E-state index contributed by atoms with van der Waals surface area (Å²) in [5.74, 6) is 0.0465. The maximum Gasteiger partial charge on any atom is 0.332 e. The first-order valence-electron chi connectivity index (χ1n) is 16.9. The number of fused-ring (bicyclic) bond motifs is 4. The number of carbonyl (C=O) groups excluding carboxylic acids is 2. The number of anilines is 1. The van der Waals surface area contributed by atoms with E-state index in [4.69, 9.17) is 25.8 Å². The van der Waals surface area contributed by atoms with Gasteiger partial charge in [-0.25, -0.2) is 17.9 Å². The number of sulfonamides is 1. The monoisotopic (exact) mass is 684 g/mol. The zero-order valence-corrected chi connectivity index (χ0v) is 28.8. The summed E-state index contributed by atoms with van der Waals surface area (Å²) in [5.41, 5.74) is 3.23. The van der Waals surface area contributed by atoms with Crippen LogP contribution in [0.4, 0.5) is 5.69 Å². The Hall–Kier alpha value is -3.08. The predicted octanol–water partition coefficient (Wildman–Crippen LogP) is 5.98. The molecule has 0 aromatic heterocycles. The number of halogens is 1. The normalized spacial score (nSPS) is 29.3. The molecule has 9 nitrogen and oxygen atoms in total. The molecule has 0 unspecified atom stereocenters. The highest BCUT2D eigenvalue weighted by atomic mass is 35.5. The number of ether oxygens (including phenoxy) is 3. The Morgan fingerprint density at radius 1 is 1.15 bits per heavy atom. The number of allylic oxidation sites excluding steroid dienone is 1. The summed E-state index contributed by atoms with van der Waals surface area (Å²) < 4.78 is 47.0. The minimum Gasteiger partial charge on any atom is -0.490 e. The van der Waals surface area contributed by atoms with E-state index in [0.29, 0.717) is 44.7 Å². The maximum atomic E-state index is 13.5. The molecule has 0 radical (unpaired) electrons. The molecule has 1 N–H and O–H groups in total. The summed E-state index contributed by atoms with van der Waals surface area (Å²) in [7, 11) is -3.93. The molecule has 5 atom stereocenters. The van der Waals surface area contributed by atoms with Crippen LogP contribution in [0.3, 0.4) is 0 Å². The van der Waals surface area contributed by atoms with Crippen molar-refractivity contribution in [2.24, 2.45) is 11.8 Å². The van der Waals surface area contributed by atoms with E-state index in [0.717, 1.165) is 42.8 Å². The van der Waals surface area contributed by atoms with E-state index in [9.17, 15) is 18.0 Å². The van der Waals surface area contributed by atoms with E-state index in [1.807, 2.05) is 25.1 Å². The Morgan fingerprint density at radius 2 is 2.00 bits per heavy atom. The Kier molecular flexibility index (Phi) is 10.2. The third-order valence-corrected chi connectivity index (χ3v) is 12.6. The topological polar surface area (TPSA) is 111 Å². The molecule has 254 valence electrons. The third kappa shape index (κ3) is 7.20. The van der Waals surface area contributed by atoms with Crippen LogP contribution in [-0.2, 0) is 36.1 Å². The van der Waals surface area contributed by atoms with Crippen LogP contribution >= 0.6 is 11.6 Å². The molecule has 4 aliphatic rings. The number of benzene rings is 2. The fraction of sp³-hybridized carbons (Fsp3) is 0.556. The molecule has 1 saturated carbocycles. The molecule has 6 rings (SSSR count). The number of nitrogens with zero attached hydrogens (tertiary/aromatic N) is 1. The van der Waals surface area contributed by atoms with Crippen LogP contribution in [0.5, 0.6) is 5.75 Å². The highest BCUT2D eigenvalue weighted by Crippen LogP contribution is 2.47. The first-order chi connectivity index (χ1) is 22.6. The summed E-state index contributed by atoms with van der Waals surface area (Å²) in [6.07, 6.45) is 9.69. The molecular weight excluding hydrogens is 640 g/mol. The maximum absolute atomic E-state index is 13.5. The van der Waals surface area contributed by atoms with E-state index < -0.39 is 27.1 Å². The quantitative estimate of drug-likeness (QED) is 0.303. The van der Waals surface area contributed by atoms with Crippen molar-refractivity contribution < 1.29 is 32.2 Å². The Morgan fingerprint density at radius 3 is 2.77 bits per heavy atom. The van der Waals surface area contributed by atoms with E-state index in [1.54, 1.807) is 25.1 Å². The van der Waals surface area contributed by atoms with Crippen LogP contribution in [0.2, 0.25) is 5.02 Å². The van der Waals surface area contributed by atoms with Gasteiger partial charge in [0.2, 0.25) is 10.0 Å². The summed E-state index contributed by atoms with van der Waals surface area (Å²) in [6, 6.07) is 11.4. The van der Waals surface area contributed by atoms with E-state index in [1.165, 1.54) is 11.1 Å². The van der Waals surface area contributed by atoms with Crippen molar-refractivity contribution in [2.45, 2.75) is 82.0 Å². The Labute approximate surface area is 283 Å². The van der Waals surface area contributed by atoms with Gasteiger partial charge in [-0.2, -0.15) is 0 Å². The molecule has 1 spiro atoms. The third-order valence-electron chi connectivity index (χ3n) is 10.5. The molecule has 2 bridgehead atoms. The Balaban J connectivity index is 1.40. The number of hydrogen-bond acceptors (Lipinski definition) is 8. The van der Waals surface area contributed by atoms with Crippen molar-refractivity contribution in [3.63, 3.8) is 0 Å². The second-order valence-electron chi connectivity index (χ2n) is 13.4. The van der Waals surface area contributed by atoms with Gasteiger partial charge in [-0.3, -0.25) is 4.79 Å². The number of esters is 1. The molecule has 2 heterocycles. The minimum absolute atomic E-state index is 0.143. The van der Waals surface area contributed by atoms with Crippen molar-refractivity contribution in [1.82, 2.24) is 4.72 Å². The average molecular weight is 685 g/mol. The van der Waals surface area contributed by atoms with E-state index >= 15 is 0 Å². The number of aryl methyl sites for hydroxylation is 1. The van der Waals surface area contributed by atoms with E-state index in [-0.39, 0.29) is 42.1 Å². The minimum atomic E-state index is -3.93. The van der Waals surface area contributed by atoms with Crippen molar-refractivity contribution in [3.8, 4) is 5.75 Å². The fourth-order valence-electron chi connectivity index (χ4n) is 7.84. The summed E-state index contributed by atoms with van der Waals surface area (Å²) in [5, 5.41) is -0.0152. The van der Waals surface area contributed by atoms with Crippen LogP contribution in [0, 0.1) is 11.8 Å². The molecule has 47 heavy (non-hydrogen) atoms. The van der Waals surface area contributed by atoms with Gasteiger partial charge in [0.05, 0.1) is 30.3 Å². The summed E-state index contributed by atoms with van der Waals surface area (Å²) in [4.78, 5) is 28.1. The SMILES string of the molecule is CCOC(=O)CO[C@H]1/C=C\CC[C@@H](CC)S(=O)(=O)NC(=O)c2ccc3c(c2)N(C[C@@H]2CC[C@H]21)C[C@@]1(CCCc2cc(Cl)ccc21)CO3. The number of rotatable bonds is 5. The van der Waals surface area contributed by atoms with E-state index in [2.05, 4.69) is 21.8 Å². The van der Waals surface area contributed by atoms with Crippen LogP contribution < -0.4 is 14.4 Å². The molecule has 2 aliphatic carbocycles. The van der Waals surface area contributed by atoms with Gasteiger partial charge in [0.25, 0.3) is 5.91 Å². The lowest BCUT2D eigenvalue weighted by Gasteiger charge is -2.46. The molecule has 1 fully saturated rings. The smallest absolute Gasteiger partial charge is 0.332 e. The highest BCUT2D eigenvalue weighted by Gasteiger charge is 2.44. The zero-order valence-electron chi connectivity index (χ0n) is 27.2. The van der Waals surface area contributed by atoms with Gasteiger partial charge in [-0.1, -0.05) is 36.7 Å². The Bertz CT molecular complexity index is 1630. The van der Waals surface area contributed by atoms with Gasteiger partial charge < -0.3 is 19.1 Å². The van der Waals surface area contributed by atoms with Crippen molar-refractivity contribution in [1.29, 1.82) is 0 Å². The van der Waals surface area contributed by atoms with Gasteiger partial charge >= 0.3 is 5.97 Å². The molecule has 0 saturated heterocycles. The van der Waals surface area contributed by atoms with Crippen molar-refractivity contribution in [2.75, 3.05) is 37.8 Å². The van der Waals surface area contributed by atoms with Gasteiger partial charge in [-0.15, -0.1) is 0 Å². The standard InChI is InChI=1S/C36H45ClN2O7S/c1-3-28-9-5-6-10-32(45-21-34(40)44-4-2)29-14-11-26(29)20-39-22-36(17-7-8-24-18-27(37)13-15-30(24)36)23-46-33-16-12-25(19-31(33)39)35(41)38-47(28,42)43/h6,10,12-13,15-16,18-19,26,28-29,32H,3-5,7-9,11,14,17,20-23H2,1-2H3,(H,38,41)/b10-6-/t26-,28+,29+,32-,36-/m0/s1. The second-order valence-corrected chi connectivity index (χ2v) is 15.8. The molecule has 2 aromatic carbocycles. The zero-order chi connectivity index (χ0) is 33.2. The van der Waals surface area contributed by atoms with Gasteiger partial charge in [0.1, 0.15) is 12.4 Å². The fourth-order valence-corrected chi connectivity index (χ4v) is 9.47. The largest absolute Gasteiger partial charge is 0.490 e. The van der Waals surface area contributed by atoms with Crippen LogP contribution in [0.25, 0.3) is 0 Å². The second kappa shape index (κ2) is 14.2. The van der Waals surface area contributed by atoms with Crippen molar-refractivity contribution in [3.05, 3.63) is 70.3 Å². The lowest BCUT2D eigenvalue weighted by atomic mass is 9.68. The van der Waals surface area contributed by atoms with Gasteiger partial charge in [0, 0.05) is 29.1 Å². The lowest BCUT2D eigenvalue weighted by Crippen LogP contribution is -2.49. The molecule has 2 aliphatic heterocycles. The molecular formula is C36H45ClN2O7S. The number of hydrogen-bond donors (Lipinski definition) is 1. The summed E-state index contributed by atoms with van der Waals surface area (Å²) >= 11 is 6.42. The predicted molar refractivity (Wildman–Crippen MR) is 182 cm³/mol. The van der Waals surface area contributed by atoms with Crippen molar-refractivity contribution >= 4 is 39.2 Å². The van der Waals surface area contributed by atoms with Crippen LogP contribution in [0.1, 0.15) is 80.3 Å². The molecule has 1 amide bonds. The van der Waals surface area contributed by atoms with Crippen LogP contribution in [0.15, 0.2) is 48.6 Å². The first-order valence-corrected chi connectivity index (χ1v) is 18.9. The highest BCUT2D eigenvalue weighted by molar-refractivity contribution is 7.90.